The molecule has 0 saturated heterocycles. The fourth-order valence-electron chi connectivity index (χ4n) is 0.757. The molecule has 0 unspecified atom stereocenters. The van der Waals surface area contributed by atoms with Crippen LogP contribution in [-0.2, 0) is 0 Å². The second kappa shape index (κ2) is 6.81. The van der Waals surface area contributed by atoms with Gasteiger partial charge in [-0.3, -0.25) is 0 Å². The third-order valence-electron chi connectivity index (χ3n) is 1.16. The lowest BCUT2D eigenvalue weighted by atomic mass is 10.2. The molecule has 0 bridgehead atoms. The van der Waals surface area contributed by atoms with Crippen molar-refractivity contribution in [3.8, 4) is 0 Å². The molecule has 0 heteroatoms. The van der Waals surface area contributed by atoms with Gasteiger partial charge in [0, 0.05) is 0 Å². The SMILES string of the molecule is C=C.CC=Cc1ccccc1. The molecule has 0 N–H and O–H groups in total. The van der Waals surface area contributed by atoms with Gasteiger partial charge >= 0.3 is 0 Å². The number of allylic oxidation sites excluding steroid dienone is 1. The van der Waals surface area contributed by atoms with Crippen molar-refractivity contribution in [3.63, 3.8) is 0 Å². The third-order valence-corrected chi connectivity index (χ3v) is 1.16. The number of hydrogen-bond donors (Lipinski definition) is 0. The van der Waals surface area contributed by atoms with E-state index in [0.717, 1.165) is 0 Å². The van der Waals surface area contributed by atoms with Crippen molar-refractivity contribution in [2.45, 2.75) is 6.92 Å². The Morgan fingerprint density at radius 1 is 1.09 bits per heavy atom. The molecule has 1 rings (SSSR count). The van der Waals surface area contributed by atoms with Gasteiger partial charge in [-0.1, -0.05) is 42.5 Å². The molecule has 1 aromatic carbocycles. The summed E-state index contributed by atoms with van der Waals surface area (Å²) in [6.07, 6.45) is 4.12. The minimum Gasteiger partial charge on any atom is -0.106 e. The first-order valence-electron chi connectivity index (χ1n) is 3.61. The monoisotopic (exact) mass is 146 g/mol. The molecule has 0 amide bonds. The van der Waals surface area contributed by atoms with Crippen LogP contribution in [0.2, 0.25) is 0 Å². The highest BCUT2D eigenvalue weighted by Crippen LogP contribution is 1.99. The molecule has 0 aliphatic rings. The topological polar surface area (TPSA) is 0 Å². The standard InChI is InChI=1S/C9H10.C2H4/c1-2-6-9-7-4-3-5-8-9;1-2/h2-8H,1H3;1-2H2. The highest BCUT2D eigenvalue weighted by molar-refractivity contribution is 5.47. The maximum atomic E-state index is 3.00. The van der Waals surface area contributed by atoms with Gasteiger partial charge in [0.2, 0.25) is 0 Å². The fraction of sp³-hybridized carbons (Fsp3) is 0.0909. The summed E-state index contributed by atoms with van der Waals surface area (Å²) in [4.78, 5) is 0. The molecule has 0 fully saturated rings. The summed E-state index contributed by atoms with van der Waals surface area (Å²) in [5.74, 6) is 0. The maximum absolute atomic E-state index is 3.00. The van der Waals surface area contributed by atoms with Gasteiger partial charge in [-0.15, -0.1) is 13.2 Å². The summed E-state index contributed by atoms with van der Waals surface area (Å²) in [5.41, 5.74) is 1.26. The van der Waals surface area contributed by atoms with Gasteiger partial charge in [-0.05, 0) is 12.5 Å². The van der Waals surface area contributed by atoms with Crippen LogP contribution in [0, 0.1) is 0 Å². The van der Waals surface area contributed by atoms with E-state index in [9.17, 15) is 0 Å². The van der Waals surface area contributed by atoms with Crippen LogP contribution in [0.25, 0.3) is 6.08 Å². The van der Waals surface area contributed by atoms with Crippen molar-refractivity contribution in [2.24, 2.45) is 0 Å². The summed E-state index contributed by atoms with van der Waals surface area (Å²) < 4.78 is 0. The van der Waals surface area contributed by atoms with Gasteiger partial charge in [-0.25, -0.2) is 0 Å². The van der Waals surface area contributed by atoms with E-state index in [1.54, 1.807) is 0 Å². The largest absolute Gasteiger partial charge is 0.106 e. The summed E-state index contributed by atoms with van der Waals surface area (Å²) in [6.45, 7) is 8.02. The fourth-order valence-corrected chi connectivity index (χ4v) is 0.757. The molecule has 0 heterocycles. The normalized spacial score (nSPS) is 8.82. The second-order valence-electron chi connectivity index (χ2n) is 1.91. The molecule has 0 nitrogen and oxygen atoms in total. The van der Waals surface area contributed by atoms with E-state index in [1.165, 1.54) is 5.56 Å². The lowest BCUT2D eigenvalue weighted by Crippen LogP contribution is -1.65. The molecule has 0 radical (unpaired) electrons. The zero-order chi connectivity index (χ0) is 8.53. The Bertz CT molecular complexity index is 197. The predicted molar refractivity (Wildman–Crippen MR) is 52.4 cm³/mol. The summed E-state index contributed by atoms with van der Waals surface area (Å²) in [5, 5.41) is 0. The zero-order valence-electron chi connectivity index (χ0n) is 6.96. The lowest BCUT2D eigenvalue weighted by Gasteiger charge is -1.86. The summed E-state index contributed by atoms with van der Waals surface area (Å²) >= 11 is 0. The molecule has 11 heavy (non-hydrogen) atoms. The van der Waals surface area contributed by atoms with E-state index < -0.39 is 0 Å². The van der Waals surface area contributed by atoms with Crippen molar-refractivity contribution >= 4 is 6.08 Å². The van der Waals surface area contributed by atoms with E-state index in [2.05, 4.69) is 31.4 Å². The Morgan fingerprint density at radius 3 is 2.09 bits per heavy atom. The molecule has 0 aliphatic heterocycles. The minimum atomic E-state index is 1.26. The Balaban J connectivity index is 0.000000461. The Kier molecular flexibility index (Phi) is 6.01. The maximum Gasteiger partial charge on any atom is -0.0260 e. The molecular formula is C11H14. The van der Waals surface area contributed by atoms with Crippen LogP contribution < -0.4 is 0 Å². The minimum absolute atomic E-state index is 1.26. The first kappa shape index (κ1) is 9.70. The number of benzene rings is 1. The van der Waals surface area contributed by atoms with Crippen LogP contribution in [0.4, 0.5) is 0 Å². The van der Waals surface area contributed by atoms with Gasteiger partial charge in [0.15, 0.2) is 0 Å². The Labute approximate surface area is 68.9 Å². The number of hydrogen-bond acceptors (Lipinski definition) is 0. The molecule has 0 atom stereocenters. The molecule has 1 aromatic rings. The molecule has 58 valence electrons. The van der Waals surface area contributed by atoms with Gasteiger partial charge in [0.25, 0.3) is 0 Å². The van der Waals surface area contributed by atoms with E-state index in [-0.39, 0.29) is 0 Å². The third kappa shape index (κ3) is 4.15. The average molecular weight is 146 g/mol. The summed E-state index contributed by atoms with van der Waals surface area (Å²) in [6, 6.07) is 10.3. The van der Waals surface area contributed by atoms with Crippen molar-refractivity contribution in [1.82, 2.24) is 0 Å². The summed E-state index contributed by atoms with van der Waals surface area (Å²) in [7, 11) is 0. The molecule has 0 spiro atoms. The zero-order valence-corrected chi connectivity index (χ0v) is 6.96. The Hall–Kier alpha value is -1.30. The smallest absolute Gasteiger partial charge is 0.0260 e. The van der Waals surface area contributed by atoms with Crippen molar-refractivity contribution in [2.75, 3.05) is 0 Å². The quantitative estimate of drug-likeness (QED) is 0.532. The van der Waals surface area contributed by atoms with Crippen molar-refractivity contribution < 1.29 is 0 Å². The predicted octanol–water partition coefficient (Wildman–Crippen LogP) is 3.52. The highest BCUT2D eigenvalue weighted by atomic mass is 13.8. The van der Waals surface area contributed by atoms with E-state index in [0.29, 0.717) is 0 Å². The lowest BCUT2D eigenvalue weighted by molar-refractivity contribution is 1.64. The van der Waals surface area contributed by atoms with E-state index in [4.69, 9.17) is 0 Å². The average Bonchev–Trinajstić information content (AvgIpc) is 2.11. The molecule has 0 saturated carbocycles. The van der Waals surface area contributed by atoms with Gasteiger partial charge in [-0.2, -0.15) is 0 Å². The van der Waals surface area contributed by atoms with Gasteiger partial charge in [0.05, 0.1) is 0 Å². The van der Waals surface area contributed by atoms with Crippen LogP contribution in [0.5, 0.6) is 0 Å². The molecule has 0 aromatic heterocycles. The van der Waals surface area contributed by atoms with Gasteiger partial charge in [0.1, 0.15) is 0 Å². The van der Waals surface area contributed by atoms with Crippen LogP contribution >= 0.6 is 0 Å². The van der Waals surface area contributed by atoms with Crippen LogP contribution in [0.1, 0.15) is 12.5 Å². The van der Waals surface area contributed by atoms with Crippen molar-refractivity contribution in [3.05, 3.63) is 55.1 Å². The first-order valence-corrected chi connectivity index (χ1v) is 3.61. The highest BCUT2D eigenvalue weighted by Gasteiger charge is 1.77. The van der Waals surface area contributed by atoms with Crippen LogP contribution in [0.15, 0.2) is 49.6 Å². The van der Waals surface area contributed by atoms with Crippen LogP contribution in [0.3, 0.4) is 0 Å². The van der Waals surface area contributed by atoms with E-state index in [1.807, 2.05) is 31.2 Å². The first-order chi connectivity index (χ1) is 5.43. The molecular weight excluding hydrogens is 132 g/mol. The molecule has 0 aliphatic carbocycles. The van der Waals surface area contributed by atoms with E-state index >= 15 is 0 Å². The van der Waals surface area contributed by atoms with Crippen LogP contribution in [-0.4, -0.2) is 0 Å². The number of rotatable bonds is 1. The van der Waals surface area contributed by atoms with Gasteiger partial charge < -0.3 is 0 Å². The van der Waals surface area contributed by atoms with Crippen molar-refractivity contribution in [1.29, 1.82) is 0 Å². The Morgan fingerprint density at radius 2 is 1.64 bits per heavy atom. The second-order valence-corrected chi connectivity index (χ2v) is 1.91.